The van der Waals surface area contributed by atoms with Crippen LogP contribution < -0.4 is 4.74 Å². The smallest absolute Gasteiger partial charge is 0.174 e. The lowest BCUT2D eigenvalue weighted by molar-refractivity contribution is 0.0778. The van der Waals surface area contributed by atoms with Crippen molar-refractivity contribution in [2.45, 2.75) is 26.3 Å². The van der Waals surface area contributed by atoms with Crippen molar-refractivity contribution in [2.75, 3.05) is 32.7 Å². The number of aryl methyl sites for hydroxylation is 2. The average molecular weight is 628 g/mol. The lowest BCUT2D eigenvalue weighted by Gasteiger charge is -2.41. The van der Waals surface area contributed by atoms with E-state index in [1.165, 1.54) is 5.56 Å². The molecule has 0 spiro atoms. The van der Waals surface area contributed by atoms with Crippen LogP contribution in [0.4, 0.5) is 0 Å². The second kappa shape index (κ2) is 13.9. The maximum atomic E-state index is 6.27. The van der Waals surface area contributed by atoms with E-state index in [1.807, 2.05) is 22.9 Å². The van der Waals surface area contributed by atoms with Crippen molar-refractivity contribution in [3.8, 4) is 11.4 Å². The molecule has 44 heavy (non-hydrogen) atoms. The van der Waals surface area contributed by atoms with Crippen LogP contribution in [-0.2, 0) is 0 Å². The molecule has 1 aliphatic carbocycles. The number of allylic oxidation sites excluding steroid dienone is 2. The number of piperazine rings is 1. The Balaban J connectivity index is 1.27. The fourth-order valence-electron chi connectivity index (χ4n) is 6.07. The summed E-state index contributed by atoms with van der Waals surface area (Å²) < 4.78 is 8.21. The number of halogens is 2. The molecule has 6 rings (SSSR count). The summed E-state index contributed by atoms with van der Waals surface area (Å²) >= 11 is 12.4. The van der Waals surface area contributed by atoms with E-state index in [0.717, 1.165) is 67.5 Å². The molecule has 0 bridgehead atoms. The van der Waals surface area contributed by atoms with Gasteiger partial charge in [0.1, 0.15) is 11.5 Å². The van der Waals surface area contributed by atoms with Gasteiger partial charge in [0.15, 0.2) is 5.82 Å². The Labute approximate surface area is 269 Å². The number of ether oxygens (including phenoxy) is 1. The zero-order valence-corrected chi connectivity index (χ0v) is 26.5. The zero-order chi connectivity index (χ0) is 30.5. The summed E-state index contributed by atoms with van der Waals surface area (Å²) in [5.41, 5.74) is 4.52. The minimum atomic E-state index is -0.0524. The molecule has 1 fully saturated rings. The van der Waals surface area contributed by atoms with Crippen LogP contribution in [0.3, 0.4) is 0 Å². The van der Waals surface area contributed by atoms with E-state index in [9.17, 15) is 0 Å². The van der Waals surface area contributed by atoms with Crippen molar-refractivity contribution in [1.29, 1.82) is 0 Å². The lowest BCUT2D eigenvalue weighted by Crippen LogP contribution is -2.49. The van der Waals surface area contributed by atoms with Crippen LogP contribution in [0.5, 0.6) is 5.75 Å². The summed E-state index contributed by atoms with van der Waals surface area (Å²) in [6, 6.07) is 22.0. The quantitative estimate of drug-likeness (QED) is 0.192. The fraction of sp³-hybridized carbons (Fsp3) is 0.286. The molecule has 4 aromatic rings. The number of hydrogen-bond donors (Lipinski definition) is 0. The molecule has 2 atom stereocenters. The van der Waals surface area contributed by atoms with Gasteiger partial charge in [-0.05, 0) is 71.7 Å². The summed E-state index contributed by atoms with van der Waals surface area (Å²) in [7, 11) is 0. The third-order valence-corrected chi connectivity index (χ3v) is 9.02. The molecule has 226 valence electrons. The molecule has 1 aliphatic heterocycles. The standard InChI is InChI=1S/C35H36Cl2N6O/c1-25-9-6-10-26(2)33(25)43-35(38-39-40-43)34(28-14-7-15-29(23-28)44-30-16-17-31(36)32(37)24-30)42-21-19-41(20-22-42)18-8-13-27-11-4-3-5-12-27/h3-13,15-17,23-24,28,34H,14,18-22H2,1-2H3/b13-8+/t28?,34-/m0/s1. The Morgan fingerprint density at radius 3 is 2.45 bits per heavy atom. The highest BCUT2D eigenvalue weighted by Crippen LogP contribution is 2.37. The predicted molar refractivity (Wildman–Crippen MR) is 177 cm³/mol. The first-order chi connectivity index (χ1) is 21.5. The third kappa shape index (κ3) is 6.97. The fourth-order valence-corrected chi connectivity index (χ4v) is 6.36. The van der Waals surface area contributed by atoms with Crippen molar-refractivity contribution < 1.29 is 4.74 Å². The first-order valence-corrected chi connectivity index (χ1v) is 15.8. The van der Waals surface area contributed by atoms with E-state index in [2.05, 4.69) is 106 Å². The highest BCUT2D eigenvalue weighted by atomic mass is 35.5. The highest BCUT2D eigenvalue weighted by molar-refractivity contribution is 6.42. The van der Waals surface area contributed by atoms with Crippen molar-refractivity contribution >= 4 is 29.3 Å². The number of benzene rings is 3. The van der Waals surface area contributed by atoms with Gasteiger partial charge < -0.3 is 4.74 Å². The Kier molecular flexibility index (Phi) is 9.57. The SMILES string of the molecule is Cc1cccc(C)c1-n1nnnc1[C@H](C1C=C(Oc2ccc(Cl)c(Cl)c2)C=CC1)N1CCN(C/C=C/c2ccccc2)CC1. The molecule has 0 amide bonds. The Hall–Kier alpha value is -3.75. The minimum absolute atomic E-state index is 0.0524. The van der Waals surface area contributed by atoms with E-state index >= 15 is 0 Å². The van der Waals surface area contributed by atoms with Gasteiger partial charge in [-0.2, -0.15) is 4.68 Å². The molecule has 7 nitrogen and oxygen atoms in total. The number of tetrazole rings is 1. The molecule has 1 saturated heterocycles. The largest absolute Gasteiger partial charge is 0.458 e. The maximum Gasteiger partial charge on any atom is 0.174 e. The predicted octanol–water partition coefficient (Wildman–Crippen LogP) is 7.50. The zero-order valence-electron chi connectivity index (χ0n) is 25.0. The van der Waals surface area contributed by atoms with Crippen LogP contribution in [0, 0.1) is 19.8 Å². The number of aromatic nitrogens is 4. The summed E-state index contributed by atoms with van der Waals surface area (Å²) in [6.45, 7) is 8.86. The van der Waals surface area contributed by atoms with Crippen molar-refractivity contribution in [3.05, 3.63) is 129 Å². The van der Waals surface area contributed by atoms with Crippen LogP contribution in [0.25, 0.3) is 11.8 Å². The van der Waals surface area contributed by atoms with Crippen molar-refractivity contribution in [2.24, 2.45) is 5.92 Å². The van der Waals surface area contributed by atoms with E-state index < -0.39 is 0 Å². The van der Waals surface area contributed by atoms with E-state index in [0.29, 0.717) is 15.8 Å². The van der Waals surface area contributed by atoms with Crippen LogP contribution >= 0.6 is 23.2 Å². The summed E-state index contributed by atoms with van der Waals surface area (Å²) in [5, 5.41) is 14.3. The van der Waals surface area contributed by atoms with Gasteiger partial charge in [0.2, 0.25) is 0 Å². The monoisotopic (exact) mass is 626 g/mol. The molecular formula is C35H36Cl2N6O. The topological polar surface area (TPSA) is 59.3 Å². The van der Waals surface area contributed by atoms with E-state index in [-0.39, 0.29) is 12.0 Å². The molecule has 0 radical (unpaired) electrons. The van der Waals surface area contributed by atoms with Gasteiger partial charge in [-0.3, -0.25) is 9.80 Å². The molecule has 9 heteroatoms. The molecular weight excluding hydrogens is 591 g/mol. The Bertz CT molecular complexity index is 1650. The maximum absolute atomic E-state index is 6.27. The number of hydrogen-bond acceptors (Lipinski definition) is 6. The third-order valence-electron chi connectivity index (χ3n) is 8.28. The molecule has 1 unspecified atom stereocenters. The van der Waals surface area contributed by atoms with E-state index in [4.69, 9.17) is 27.9 Å². The number of rotatable bonds is 9. The van der Waals surface area contributed by atoms with Crippen molar-refractivity contribution in [3.63, 3.8) is 0 Å². The van der Waals surface area contributed by atoms with Gasteiger partial charge in [-0.1, -0.05) is 90.0 Å². The molecule has 0 N–H and O–H groups in total. The van der Waals surface area contributed by atoms with Crippen LogP contribution in [-0.4, -0.2) is 62.7 Å². The molecule has 3 aromatic carbocycles. The van der Waals surface area contributed by atoms with Crippen LogP contribution in [0.1, 0.15) is 35.0 Å². The van der Waals surface area contributed by atoms with Gasteiger partial charge in [0.25, 0.3) is 0 Å². The Morgan fingerprint density at radius 1 is 0.932 bits per heavy atom. The summed E-state index contributed by atoms with van der Waals surface area (Å²) in [4.78, 5) is 5.03. The number of nitrogens with zero attached hydrogens (tertiary/aromatic N) is 6. The normalized spacial score (nSPS) is 18.5. The van der Waals surface area contributed by atoms with Gasteiger partial charge >= 0.3 is 0 Å². The molecule has 2 heterocycles. The van der Waals surface area contributed by atoms with Crippen LogP contribution in [0.15, 0.2) is 96.8 Å². The van der Waals surface area contributed by atoms with Gasteiger partial charge in [-0.15, -0.1) is 5.10 Å². The first kappa shape index (κ1) is 30.3. The van der Waals surface area contributed by atoms with Gasteiger partial charge in [0.05, 0.1) is 21.8 Å². The second-order valence-corrected chi connectivity index (χ2v) is 12.1. The summed E-state index contributed by atoms with van der Waals surface area (Å²) in [6.07, 6.45) is 11.7. The molecule has 0 saturated carbocycles. The van der Waals surface area contributed by atoms with Crippen LogP contribution in [0.2, 0.25) is 10.0 Å². The number of para-hydroxylation sites is 1. The van der Waals surface area contributed by atoms with Crippen molar-refractivity contribution in [1.82, 2.24) is 30.0 Å². The molecule has 1 aromatic heterocycles. The van der Waals surface area contributed by atoms with E-state index in [1.54, 1.807) is 12.1 Å². The Morgan fingerprint density at radius 2 is 1.70 bits per heavy atom. The molecule has 2 aliphatic rings. The lowest BCUT2D eigenvalue weighted by atomic mass is 9.89. The minimum Gasteiger partial charge on any atom is -0.458 e. The first-order valence-electron chi connectivity index (χ1n) is 15.0. The van der Waals surface area contributed by atoms with Gasteiger partial charge in [-0.25, -0.2) is 0 Å². The second-order valence-electron chi connectivity index (χ2n) is 11.3. The average Bonchev–Trinajstić information content (AvgIpc) is 3.49. The van der Waals surface area contributed by atoms with Gasteiger partial charge in [0, 0.05) is 44.7 Å². The highest BCUT2D eigenvalue weighted by Gasteiger charge is 2.35. The summed E-state index contributed by atoms with van der Waals surface area (Å²) in [5.74, 6) is 2.34.